The van der Waals surface area contributed by atoms with Crippen molar-refractivity contribution >= 4 is 11.8 Å². The summed E-state index contributed by atoms with van der Waals surface area (Å²) in [4.78, 5) is 25.2. The maximum absolute atomic E-state index is 12.8. The first-order chi connectivity index (χ1) is 14.7. The average Bonchev–Trinajstić information content (AvgIpc) is 3.40. The van der Waals surface area contributed by atoms with Crippen LogP contribution in [0.4, 0.5) is 0 Å². The first kappa shape index (κ1) is 18.2. The number of hydrogen-bond acceptors (Lipinski definition) is 5. The molecule has 1 aliphatic heterocycles. The number of rotatable bonds is 3. The van der Waals surface area contributed by atoms with Crippen LogP contribution in [0.5, 0.6) is 11.5 Å². The average molecular weight is 404 g/mol. The van der Waals surface area contributed by atoms with Crippen LogP contribution in [0.2, 0.25) is 0 Å². The fourth-order valence-corrected chi connectivity index (χ4v) is 3.81. The molecule has 2 N–H and O–H groups in total. The minimum atomic E-state index is -0.854. The van der Waals surface area contributed by atoms with E-state index in [4.69, 9.17) is 9.47 Å². The van der Waals surface area contributed by atoms with Crippen molar-refractivity contribution in [2.24, 2.45) is 0 Å². The molecule has 1 aromatic heterocycles. The Morgan fingerprint density at radius 2 is 1.73 bits per heavy atom. The Hall–Kier alpha value is -3.81. The Morgan fingerprint density at radius 3 is 2.57 bits per heavy atom. The fourth-order valence-electron chi connectivity index (χ4n) is 3.81. The van der Waals surface area contributed by atoms with Gasteiger partial charge in [-0.1, -0.05) is 30.3 Å². The number of nitrogens with zero attached hydrogens (tertiary/aromatic N) is 2. The number of nitrogens with one attached hydrogen (secondary N) is 2. The van der Waals surface area contributed by atoms with E-state index in [0.29, 0.717) is 17.2 Å². The van der Waals surface area contributed by atoms with Gasteiger partial charge in [0, 0.05) is 11.3 Å². The third kappa shape index (κ3) is 3.26. The summed E-state index contributed by atoms with van der Waals surface area (Å²) < 4.78 is 13.0. The summed E-state index contributed by atoms with van der Waals surface area (Å²) in [5, 5.41) is 4.52. The van der Waals surface area contributed by atoms with Crippen molar-refractivity contribution in [2.75, 3.05) is 6.61 Å². The molecule has 0 saturated heterocycles. The number of carbonyl (C=O) groups is 2. The van der Waals surface area contributed by atoms with E-state index in [9.17, 15) is 9.59 Å². The molecule has 1 aliphatic carbocycles. The van der Waals surface area contributed by atoms with Gasteiger partial charge in [-0.15, -0.1) is 0 Å². The van der Waals surface area contributed by atoms with E-state index in [-0.39, 0.29) is 6.61 Å². The van der Waals surface area contributed by atoms with E-state index in [0.717, 1.165) is 36.2 Å². The second-order valence-electron chi connectivity index (χ2n) is 7.18. The highest BCUT2D eigenvalue weighted by Crippen LogP contribution is 2.31. The van der Waals surface area contributed by atoms with Crippen molar-refractivity contribution in [3.63, 3.8) is 0 Å². The molecule has 0 spiro atoms. The lowest BCUT2D eigenvalue weighted by molar-refractivity contribution is -0.131. The fraction of sp³-hybridized carbons (Fsp3) is 0.227. The van der Waals surface area contributed by atoms with Gasteiger partial charge in [-0.05, 0) is 43.5 Å². The number of carbonyl (C=O) groups excluding carboxylic acids is 2. The molecule has 0 radical (unpaired) electrons. The Bertz CT molecular complexity index is 1110. The van der Waals surface area contributed by atoms with Crippen LogP contribution in [0.3, 0.4) is 0 Å². The smallest absolute Gasteiger partial charge is 0.290 e. The second-order valence-corrected chi connectivity index (χ2v) is 7.18. The van der Waals surface area contributed by atoms with Gasteiger partial charge in [0.2, 0.25) is 6.10 Å². The number of hydrazine groups is 1. The normalized spacial score (nSPS) is 16.6. The molecule has 152 valence electrons. The molecule has 5 rings (SSSR count). The SMILES string of the molecule is O=C(NNC(=O)C1COc2ccccc2O1)c1nn(-c2ccccc2)c2c1CCC2. The molecule has 1 atom stereocenters. The van der Waals surface area contributed by atoms with E-state index in [1.807, 2.05) is 41.1 Å². The van der Waals surface area contributed by atoms with Crippen LogP contribution in [-0.4, -0.2) is 34.3 Å². The predicted molar refractivity (Wildman–Crippen MR) is 108 cm³/mol. The van der Waals surface area contributed by atoms with Crippen molar-refractivity contribution in [1.82, 2.24) is 20.6 Å². The predicted octanol–water partition coefficient (Wildman–Crippen LogP) is 1.96. The highest BCUT2D eigenvalue weighted by Gasteiger charge is 2.30. The molecule has 0 fully saturated rings. The van der Waals surface area contributed by atoms with Crippen LogP contribution in [-0.2, 0) is 17.6 Å². The molecular weight excluding hydrogens is 384 g/mol. The van der Waals surface area contributed by atoms with E-state index in [1.165, 1.54) is 0 Å². The number of fused-ring (bicyclic) bond motifs is 2. The summed E-state index contributed by atoms with van der Waals surface area (Å²) >= 11 is 0. The van der Waals surface area contributed by atoms with Gasteiger partial charge in [-0.3, -0.25) is 20.4 Å². The van der Waals surface area contributed by atoms with Crippen LogP contribution in [0.15, 0.2) is 54.6 Å². The van der Waals surface area contributed by atoms with Gasteiger partial charge in [0.15, 0.2) is 17.2 Å². The van der Waals surface area contributed by atoms with Crippen molar-refractivity contribution in [1.29, 1.82) is 0 Å². The molecule has 2 aliphatic rings. The van der Waals surface area contributed by atoms with Crippen LogP contribution >= 0.6 is 0 Å². The maximum Gasteiger partial charge on any atom is 0.290 e. The van der Waals surface area contributed by atoms with E-state index < -0.39 is 17.9 Å². The summed E-state index contributed by atoms with van der Waals surface area (Å²) in [6.45, 7) is 0.0662. The summed E-state index contributed by atoms with van der Waals surface area (Å²) in [5.41, 5.74) is 8.10. The first-order valence-electron chi connectivity index (χ1n) is 9.85. The maximum atomic E-state index is 12.8. The summed E-state index contributed by atoms with van der Waals surface area (Å²) in [6.07, 6.45) is 1.77. The molecule has 30 heavy (non-hydrogen) atoms. The molecular formula is C22H20N4O4. The lowest BCUT2D eigenvalue weighted by Gasteiger charge is -2.25. The van der Waals surface area contributed by atoms with Crippen LogP contribution in [0.25, 0.3) is 5.69 Å². The van der Waals surface area contributed by atoms with Gasteiger partial charge in [-0.2, -0.15) is 5.10 Å². The van der Waals surface area contributed by atoms with Gasteiger partial charge in [0.05, 0.1) is 5.69 Å². The summed E-state index contributed by atoms with van der Waals surface area (Å²) in [7, 11) is 0. The molecule has 0 saturated carbocycles. The summed E-state index contributed by atoms with van der Waals surface area (Å²) in [6, 6.07) is 16.8. The number of para-hydroxylation sites is 3. The number of ether oxygens (including phenoxy) is 2. The van der Waals surface area contributed by atoms with Crippen LogP contribution in [0.1, 0.15) is 28.2 Å². The number of benzene rings is 2. The first-order valence-corrected chi connectivity index (χ1v) is 9.85. The molecule has 2 aromatic carbocycles. The lowest BCUT2D eigenvalue weighted by Crippen LogP contribution is -2.51. The summed E-state index contributed by atoms with van der Waals surface area (Å²) in [5.74, 6) is 0.146. The highest BCUT2D eigenvalue weighted by molar-refractivity contribution is 5.96. The third-order valence-electron chi connectivity index (χ3n) is 5.25. The van der Waals surface area contributed by atoms with Crippen LogP contribution < -0.4 is 20.3 Å². The Balaban J connectivity index is 1.28. The molecule has 2 heterocycles. The zero-order valence-electron chi connectivity index (χ0n) is 16.1. The van der Waals surface area contributed by atoms with Crippen molar-refractivity contribution in [3.8, 4) is 17.2 Å². The quantitative estimate of drug-likeness (QED) is 0.651. The standard InChI is InChI=1S/C22H20N4O4/c27-21(19-13-29-17-11-4-5-12-18(17)30-19)23-24-22(28)20-15-9-6-10-16(15)26(25-20)14-7-2-1-3-8-14/h1-5,7-8,11-12,19H,6,9-10,13H2,(H,23,27)(H,24,28). The number of amides is 2. The Labute approximate surface area is 172 Å². The molecule has 8 nitrogen and oxygen atoms in total. The Kier molecular flexibility index (Phi) is 4.59. The number of hydrogen-bond donors (Lipinski definition) is 2. The molecule has 2 amide bonds. The molecule has 1 unspecified atom stereocenters. The zero-order chi connectivity index (χ0) is 20.5. The van der Waals surface area contributed by atoms with Crippen molar-refractivity contribution in [2.45, 2.75) is 25.4 Å². The van der Waals surface area contributed by atoms with Crippen molar-refractivity contribution in [3.05, 3.63) is 71.5 Å². The molecule has 8 heteroatoms. The van der Waals surface area contributed by atoms with E-state index >= 15 is 0 Å². The van der Waals surface area contributed by atoms with Crippen LogP contribution in [0, 0.1) is 0 Å². The van der Waals surface area contributed by atoms with Crippen molar-refractivity contribution < 1.29 is 19.1 Å². The largest absolute Gasteiger partial charge is 0.485 e. The van der Waals surface area contributed by atoms with Gasteiger partial charge in [0.25, 0.3) is 11.8 Å². The molecule has 0 bridgehead atoms. The zero-order valence-corrected chi connectivity index (χ0v) is 16.1. The third-order valence-corrected chi connectivity index (χ3v) is 5.25. The minimum absolute atomic E-state index is 0.0662. The van der Waals surface area contributed by atoms with Gasteiger partial charge < -0.3 is 9.47 Å². The monoisotopic (exact) mass is 404 g/mol. The molecule has 3 aromatic rings. The highest BCUT2D eigenvalue weighted by atomic mass is 16.6. The Morgan fingerprint density at radius 1 is 0.967 bits per heavy atom. The minimum Gasteiger partial charge on any atom is -0.485 e. The topological polar surface area (TPSA) is 94.5 Å². The van der Waals surface area contributed by atoms with E-state index in [1.54, 1.807) is 18.2 Å². The van der Waals surface area contributed by atoms with Gasteiger partial charge in [-0.25, -0.2) is 4.68 Å². The van der Waals surface area contributed by atoms with Gasteiger partial charge >= 0.3 is 0 Å². The number of aromatic nitrogens is 2. The lowest BCUT2D eigenvalue weighted by atomic mass is 10.2. The second kappa shape index (κ2) is 7.55. The van der Waals surface area contributed by atoms with E-state index in [2.05, 4.69) is 16.0 Å². The van der Waals surface area contributed by atoms with Gasteiger partial charge in [0.1, 0.15) is 6.61 Å².